The Labute approximate surface area is 155 Å². The predicted molar refractivity (Wildman–Crippen MR) is 104 cm³/mol. The number of ether oxygens (including phenoxy) is 1. The Balaban J connectivity index is 1.68. The molecule has 4 nitrogen and oxygen atoms in total. The van der Waals surface area contributed by atoms with Crippen molar-refractivity contribution in [1.29, 1.82) is 0 Å². The highest BCUT2D eigenvalue weighted by molar-refractivity contribution is 7.98. The SMILES string of the molecule is COCc1ccc(C(=O)Nc2nc(-c3ccc(SC)cc3)cs2)cc1. The van der Waals surface area contributed by atoms with Crippen LogP contribution in [0.3, 0.4) is 0 Å². The topological polar surface area (TPSA) is 51.2 Å². The van der Waals surface area contributed by atoms with Gasteiger partial charge in [0.1, 0.15) is 0 Å². The van der Waals surface area contributed by atoms with Gasteiger partial charge in [-0.25, -0.2) is 4.98 Å². The monoisotopic (exact) mass is 370 g/mol. The first-order valence-electron chi connectivity index (χ1n) is 7.69. The Morgan fingerprint density at radius 3 is 2.52 bits per heavy atom. The van der Waals surface area contributed by atoms with Crippen LogP contribution in [0.5, 0.6) is 0 Å². The highest BCUT2D eigenvalue weighted by Gasteiger charge is 2.10. The van der Waals surface area contributed by atoms with Crippen molar-refractivity contribution in [2.45, 2.75) is 11.5 Å². The summed E-state index contributed by atoms with van der Waals surface area (Å²) in [6.07, 6.45) is 2.05. The van der Waals surface area contributed by atoms with Crippen molar-refractivity contribution in [3.05, 3.63) is 65.0 Å². The molecule has 3 rings (SSSR count). The molecule has 128 valence electrons. The molecule has 1 heterocycles. The number of nitrogens with zero attached hydrogens (tertiary/aromatic N) is 1. The van der Waals surface area contributed by atoms with E-state index in [9.17, 15) is 4.79 Å². The molecular weight excluding hydrogens is 352 g/mol. The molecule has 1 aromatic heterocycles. The maximum atomic E-state index is 12.3. The minimum atomic E-state index is -0.164. The molecule has 2 aromatic carbocycles. The van der Waals surface area contributed by atoms with Crippen LogP contribution in [0, 0.1) is 0 Å². The molecule has 1 amide bonds. The van der Waals surface area contributed by atoms with Crippen molar-refractivity contribution in [3.63, 3.8) is 0 Å². The second-order valence-corrected chi connectivity index (χ2v) is 7.09. The molecule has 3 aromatic rings. The van der Waals surface area contributed by atoms with Gasteiger partial charge in [-0.3, -0.25) is 10.1 Å². The largest absolute Gasteiger partial charge is 0.380 e. The van der Waals surface area contributed by atoms with Gasteiger partial charge in [0, 0.05) is 28.5 Å². The minimum Gasteiger partial charge on any atom is -0.380 e. The van der Waals surface area contributed by atoms with Crippen LogP contribution in [-0.4, -0.2) is 24.3 Å². The summed E-state index contributed by atoms with van der Waals surface area (Å²) in [5, 5.41) is 5.40. The van der Waals surface area contributed by atoms with Crippen LogP contribution in [0.1, 0.15) is 15.9 Å². The normalized spacial score (nSPS) is 10.6. The number of methoxy groups -OCH3 is 1. The number of hydrogen-bond donors (Lipinski definition) is 1. The standard InChI is InChI=1S/C19H18N2O2S2/c1-23-11-13-3-5-15(6-4-13)18(22)21-19-20-17(12-25-19)14-7-9-16(24-2)10-8-14/h3-10,12H,11H2,1-2H3,(H,20,21,22). The average molecular weight is 370 g/mol. The molecular formula is C19H18N2O2S2. The van der Waals surface area contributed by atoms with E-state index in [1.165, 1.54) is 16.2 Å². The van der Waals surface area contributed by atoms with Gasteiger partial charge in [-0.15, -0.1) is 23.1 Å². The smallest absolute Gasteiger partial charge is 0.257 e. The number of aromatic nitrogens is 1. The zero-order chi connectivity index (χ0) is 17.6. The number of benzene rings is 2. The van der Waals surface area contributed by atoms with Gasteiger partial charge in [-0.05, 0) is 36.1 Å². The van der Waals surface area contributed by atoms with Gasteiger partial charge in [0.05, 0.1) is 12.3 Å². The van der Waals surface area contributed by atoms with Crippen molar-refractivity contribution in [2.75, 3.05) is 18.7 Å². The van der Waals surface area contributed by atoms with E-state index < -0.39 is 0 Å². The number of nitrogens with one attached hydrogen (secondary N) is 1. The van der Waals surface area contributed by atoms with Crippen molar-refractivity contribution in [2.24, 2.45) is 0 Å². The van der Waals surface area contributed by atoms with E-state index in [0.717, 1.165) is 16.8 Å². The Morgan fingerprint density at radius 2 is 1.88 bits per heavy atom. The lowest BCUT2D eigenvalue weighted by molar-refractivity contribution is 0.102. The van der Waals surface area contributed by atoms with E-state index >= 15 is 0 Å². The van der Waals surface area contributed by atoms with Gasteiger partial charge in [0.2, 0.25) is 0 Å². The Hall–Kier alpha value is -2.15. The van der Waals surface area contributed by atoms with Crippen LogP contribution in [0.15, 0.2) is 58.8 Å². The summed E-state index contributed by atoms with van der Waals surface area (Å²) in [5.74, 6) is -0.164. The summed E-state index contributed by atoms with van der Waals surface area (Å²) in [5.41, 5.74) is 3.53. The summed E-state index contributed by atoms with van der Waals surface area (Å²) < 4.78 is 5.07. The van der Waals surface area contributed by atoms with Crippen molar-refractivity contribution >= 4 is 34.1 Å². The maximum absolute atomic E-state index is 12.3. The molecule has 0 fully saturated rings. The van der Waals surface area contributed by atoms with Crippen LogP contribution >= 0.6 is 23.1 Å². The van der Waals surface area contributed by atoms with Gasteiger partial charge in [-0.2, -0.15) is 0 Å². The third-order valence-electron chi connectivity index (χ3n) is 3.64. The minimum absolute atomic E-state index is 0.164. The molecule has 6 heteroatoms. The highest BCUT2D eigenvalue weighted by atomic mass is 32.2. The zero-order valence-corrected chi connectivity index (χ0v) is 15.6. The molecule has 25 heavy (non-hydrogen) atoms. The van der Waals surface area contributed by atoms with Crippen molar-refractivity contribution < 1.29 is 9.53 Å². The lowest BCUT2D eigenvalue weighted by atomic mass is 10.1. The van der Waals surface area contributed by atoms with E-state index in [0.29, 0.717) is 17.3 Å². The maximum Gasteiger partial charge on any atom is 0.257 e. The number of carbonyl (C=O) groups excluding carboxylic acids is 1. The van der Waals surface area contributed by atoms with Gasteiger partial charge < -0.3 is 4.74 Å². The van der Waals surface area contributed by atoms with E-state index in [1.54, 1.807) is 31.0 Å². The predicted octanol–water partition coefficient (Wildman–Crippen LogP) is 4.93. The molecule has 0 atom stereocenters. The third-order valence-corrected chi connectivity index (χ3v) is 5.14. The molecule has 0 aliphatic rings. The number of thioether (sulfide) groups is 1. The number of anilines is 1. The Bertz CT molecular complexity index is 843. The lowest BCUT2D eigenvalue weighted by Gasteiger charge is -2.04. The van der Waals surface area contributed by atoms with Gasteiger partial charge in [0.25, 0.3) is 5.91 Å². The van der Waals surface area contributed by atoms with Crippen LogP contribution in [0.25, 0.3) is 11.3 Å². The fourth-order valence-electron chi connectivity index (χ4n) is 2.31. The van der Waals surface area contributed by atoms with Crippen LogP contribution in [-0.2, 0) is 11.3 Å². The van der Waals surface area contributed by atoms with E-state index in [2.05, 4.69) is 22.4 Å². The van der Waals surface area contributed by atoms with E-state index in [4.69, 9.17) is 4.74 Å². The molecule has 0 aliphatic heterocycles. The quantitative estimate of drug-likeness (QED) is 0.625. The fourth-order valence-corrected chi connectivity index (χ4v) is 3.44. The van der Waals surface area contributed by atoms with Gasteiger partial charge >= 0.3 is 0 Å². The molecule has 0 aliphatic carbocycles. The first-order chi connectivity index (χ1) is 12.2. The summed E-state index contributed by atoms with van der Waals surface area (Å²) in [7, 11) is 1.65. The Morgan fingerprint density at radius 1 is 1.16 bits per heavy atom. The molecule has 0 saturated heterocycles. The summed E-state index contributed by atoms with van der Waals surface area (Å²) in [6, 6.07) is 15.6. The zero-order valence-electron chi connectivity index (χ0n) is 14.0. The summed E-state index contributed by atoms with van der Waals surface area (Å²) in [6.45, 7) is 0.535. The number of amides is 1. The second-order valence-electron chi connectivity index (χ2n) is 5.35. The second kappa shape index (κ2) is 8.29. The van der Waals surface area contributed by atoms with Crippen LogP contribution in [0.2, 0.25) is 0 Å². The first-order valence-corrected chi connectivity index (χ1v) is 9.79. The van der Waals surface area contributed by atoms with Gasteiger partial charge in [0.15, 0.2) is 5.13 Å². The summed E-state index contributed by atoms with van der Waals surface area (Å²) in [4.78, 5) is 18.1. The van der Waals surface area contributed by atoms with E-state index in [1.807, 2.05) is 35.9 Å². The molecule has 1 N–H and O–H groups in total. The third kappa shape index (κ3) is 4.48. The number of rotatable bonds is 6. The van der Waals surface area contributed by atoms with Crippen molar-refractivity contribution in [1.82, 2.24) is 4.98 Å². The first kappa shape index (κ1) is 17.7. The van der Waals surface area contributed by atoms with Crippen molar-refractivity contribution in [3.8, 4) is 11.3 Å². The Kier molecular flexibility index (Phi) is 5.86. The molecule has 0 bridgehead atoms. The molecule has 0 radical (unpaired) electrons. The van der Waals surface area contributed by atoms with E-state index in [-0.39, 0.29) is 5.91 Å². The fraction of sp³-hybridized carbons (Fsp3) is 0.158. The molecule has 0 saturated carbocycles. The van der Waals surface area contributed by atoms with Crippen LogP contribution in [0.4, 0.5) is 5.13 Å². The summed E-state index contributed by atoms with van der Waals surface area (Å²) >= 11 is 3.13. The lowest BCUT2D eigenvalue weighted by Crippen LogP contribution is -2.11. The number of thiazole rings is 1. The molecule has 0 unspecified atom stereocenters. The van der Waals surface area contributed by atoms with Crippen LogP contribution < -0.4 is 5.32 Å². The molecule has 0 spiro atoms. The average Bonchev–Trinajstić information content (AvgIpc) is 3.11. The van der Waals surface area contributed by atoms with Gasteiger partial charge in [-0.1, -0.05) is 24.3 Å². The highest BCUT2D eigenvalue weighted by Crippen LogP contribution is 2.27. The number of carbonyl (C=O) groups is 1. The number of hydrogen-bond acceptors (Lipinski definition) is 5.